The Labute approximate surface area is 122 Å². The van der Waals surface area contributed by atoms with E-state index in [0.29, 0.717) is 6.42 Å². The fourth-order valence-electron chi connectivity index (χ4n) is 2.57. The Kier molecular flexibility index (Phi) is 3.40. The third kappa shape index (κ3) is 2.63. The highest BCUT2D eigenvalue weighted by Gasteiger charge is 2.20. The summed E-state index contributed by atoms with van der Waals surface area (Å²) >= 11 is 0. The van der Waals surface area contributed by atoms with Crippen molar-refractivity contribution in [1.29, 1.82) is 0 Å². The summed E-state index contributed by atoms with van der Waals surface area (Å²) in [6, 6.07) is 14.0. The van der Waals surface area contributed by atoms with Gasteiger partial charge in [-0.15, -0.1) is 0 Å². The number of carbonyl (C=O) groups excluding carboxylic acids is 2. The molecule has 1 aliphatic carbocycles. The first-order chi connectivity index (χ1) is 10.1. The van der Waals surface area contributed by atoms with Gasteiger partial charge in [0.1, 0.15) is 0 Å². The monoisotopic (exact) mass is 277 g/mol. The summed E-state index contributed by atoms with van der Waals surface area (Å²) < 4.78 is 0. The van der Waals surface area contributed by atoms with Gasteiger partial charge in [-0.05, 0) is 35.6 Å². The summed E-state index contributed by atoms with van der Waals surface area (Å²) in [7, 11) is 0. The topological polar surface area (TPSA) is 57.2 Å². The zero-order chi connectivity index (χ0) is 14.8. The normalized spacial score (nSPS) is 15.8. The molecule has 0 amide bonds. The Balaban J connectivity index is 1.91. The lowest BCUT2D eigenvalue weighted by Gasteiger charge is -2.17. The Morgan fingerprint density at radius 2 is 1.71 bits per heavy atom. The number of rotatable bonds is 2. The minimum Gasteiger partial charge on any atom is -0.545 e. The minimum atomic E-state index is -1.20. The van der Waals surface area contributed by atoms with Gasteiger partial charge in [0.15, 0.2) is 5.78 Å². The van der Waals surface area contributed by atoms with Crippen LogP contribution < -0.4 is 5.11 Å². The van der Waals surface area contributed by atoms with Crippen LogP contribution in [-0.4, -0.2) is 11.8 Å². The molecule has 0 heterocycles. The predicted octanol–water partition coefficient (Wildman–Crippen LogP) is 2.26. The number of fused-ring (bicyclic) bond motifs is 1. The maximum absolute atomic E-state index is 12.4. The molecule has 3 heteroatoms. The fourth-order valence-corrected chi connectivity index (χ4v) is 2.57. The Hall–Kier alpha value is -2.68. The number of Topliss-reactive ketones (excluding diaryl/α,β-unsaturated/α-hetero) is 1. The second-order valence-electron chi connectivity index (χ2n) is 5.07. The van der Waals surface area contributed by atoms with Crippen molar-refractivity contribution in [2.75, 3.05) is 0 Å². The molecule has 3 nitrogen and oxygen atoms in total. The smallest absolute Gasteiger partial charge is 0.189 e. The van der Waals surface area contributed by atoms with Crippen molar-refractivity contribution in [3.63, 3.8) is 0 Å². The van der Waals surface area contributed by atoms with Crippen molar-refractivity contribution in [3.05, 3.63) is 76.4 Å². The van der Waals surface area contributed by atoms with Crippen LogP contribution in [0.2, 0.25) is 0 Å². The van der Waals surface area contributed by atoms with E-state index in [1.54, 1.807) is 12.1 Å². The molecule has 0 saturated carbocycles. The lowest BCUT2D eigenvalue weighted by molar-refractivity contribution is -0.255. The standard InChI is InChI=1S/C18H14O3/c19-17-15(10-9-13-3-1-2-4-16(13)17)11-12-5-7-14(8-6-12)18(20)21/h1-8,11H,9-10H2,(H,20,21)/p-1/b15-11+. The van der Waals surface area contributed by atoms with Crippen molar-refractivity contribution in [2.45, 2.75) is 12.8 Å². The predicted molar refractivity (Wildman–Crippen MR) is 77.8 cm³/mol. The zero-order valence-electron chi connectivity index (χ0n) is 11.3. The van der Waals surface area contributed by atoms with Gasteiger partial charge in [0.2, 0.25) is 0 Å². The van der Waals surface area contributed by atoms with E-state index in [-0.39, 0.29) is 11.3 Å². The van der Waals surface area contributed by atoms with Crippen LogP contribution in [0.1, 0.15) is 38.3 Å². The van der Waals surface area contributed by atoms with Crippen LogP contribution in [0.4, 0.5) is 0 Å². The number of aryl methyl sites for hydroxylation is 1. The van der Waals surface area contributed by atoms with E-state index < -0.39 is 5.97 Å². The number of ketones is 1. The molecule has 2 aromatic rings. The number of hydrogen-bond donors (Lipinski definition) is 0. The van der Waals surface area contributed by atoms with Gasteiger partial charge in [-0.1, -0.05) is 48.5 Å². The van der Waals surface area contributed by atoms with Crippen LogP contribution in [0, 0.1) is 0 Å². The van der Waals surface area contributed by atoms with Crippen molar-refractivity contribution in [1.82, 2.24) is 0 Å². The van der Waals surface area contributed by atoms with Gasteiger partial charge in [0.05, 0.1) is 5.97 Å². The van der Waals surface area contributed by atoms with E-state index in [1.807, 2.05) is 30.3 Å². The first-order valence-electron chi connectivity index (χ1n) is 6.80. The lowest BCUT2D eigenvalue weighted by Crippen LogP contribution is -2.21. The molecule has 0 aliphatic heterocycles. The third-order valence-electron chi connectivity index (χ3n) is 3.70. The number of carbonyl (C=O) groups is 2. The SMILES string of the molecule is O=C([O-])c1ccc(/C=C2\CCc3ccccc3C2=O)cc1. The average molecular weight is 277 g/mol. The quantitative estimate of drug-likeness (QED) is 0.791. The van der Waals surface area contributed by atoms with Gasteiger partial charge in [0.25, 0.3) is 0 Å². The largest absolute Gasteiger partial charge is 0.545 e. The molecule has 0 aromatic heterocycles. The van der Waals surface area contributed by atoms with Gasteiger partial charge in [-0.2, -0.15) is 0 Å². The molecule has 0 saturated heterocycles. The molecule has 104 valence electrons. The maximum Gasteiger partial charge on any atom is 0.189 e. The summed E-state index contributed by atoms with van der Waals surface area (Å²) in [5.74, 6) is -1.14. The first kappa shape index (κ1) is 13.3. The molecule has 0 spiro atoms. The zero-order valence-corrected chi connectivity index (χ0v) is 11.3. The summed E-state index contributed by atoms with van der Waals surface area (Å²) in [5, 5.41) is 10.7. The van der Waals surface area contributed by atoms with E-state index >= 15 is 0 Å². The number of hydrogen-bond acceptors (Lipinski definition) is 3. The molecule has 0 atom stereocenters. The fraction of sp³-hybridized carbons (Fsp3) is 0.111. The third-order valence-corrected chi connectivity index (χ3v) is 3.70. The second-order valence-corrected chi connectivity index (χ2v) is 5.07. The van der Waals surface area contributed by atoms with Crippen molar-refractivity contribution < 1.29 is 14.7 Å². The van der Waals surface area contributed by atoms with Gasteiger partial charge in [0, 0.05) is 11.1 Å². The van der Waals surface area contributed by atoms with E-state index in [9.17, 15) is 14.7 Å². The first-order valence-corrected chi connectivity index (χ1v) is 6.80. The molecular formula is C18H13O3-. The van der Waals surface area contributed by atoms with Gasteiger partial charge >= 0.3 is 0 Å². The molecule has 1 aliphatic rings. The molecule has 3 rings (SSSR count). The van der Waals surface area contributed by atoms with E-state index in [0.717, 1.165) is 28.7 Å². The van der Waals surface area contributed by atoms with E-state index in [4.69, 9.17) is 0 Å². The van der Waals surface area contributed by atoms with Crippen LogP contribution >= 0.6 is 0 Å². The van der Waals surface area contributed by atoms with Gasteiger partial charge < -0.3 is 9.90 Å². The van der Waals surface area contributed by atoms with Crippen molar-refractivity contribution in [2.24, 2.45) is 0 Å². The summed E-state index contributed by atoms with van der Waals surface area (Å²) in [5.41, 5.74) is 3.57. The van der Waals surface area contributed by atoms with Crippen LogP contribution in [0.5, 0.6) is 0 Å². The van der Waals surface area contributed by atoms with Crippen molar-refractivity contribution >= 4 is 17.8 Å². The number of carboxylic acids is 1. The Bertz CT molecular complexity index is 739. The highest BCUT2D eigenvalue weighted by Crippen LogP contribution is 2.26. The minimum absolute atomic E-state index is 0.0563. The van der Waals surface area contributed by atoms with Crippen LogP contribution in [0.25, 0.3) is 6.08 Å². The van der Waals surface area contributed by atoms with E-state index in [1.165, 1.54) is 12.1 Å². The Morgan fingerprint density at radius 1 is 1.00 bits per heavy atom. The molecule has 0 fully saturated rings. The molecule has 2 aromatic carbocycles. The average Bonchev–Trinajstić information content (AvgIpc) is 2.51. The molecule has 0 N–H and O–H groups in total. The van der Waals surface area contributed by atoms with Crippen molar-refractivity contribution in [3.8, 4) is 0 Å². The van der Waals surface area contributed by atoms with Gasteiger partial charge in [-0.25, -0.2) is 0 Å². The highest BCUT2D eigenvalue weighted by atomic mass is 16.4. The highest BCUT2D eigenvalue weighted by molar-refractivity contribution is 6.13. The molecule has 0 bridgehead atoms. The molecule has 21 heavy (non-hydrogen) atoms. The number of allylic oxidation sites excluding steroid dienone is 1. The van der Waals surface area contributed by atoms with Crippen LogP contribution in [-0.2, 0) is 6.42 Å². The number of carboxylic acid groups (broad SMARTS) is 1. The number of aromatic carboxylic acids is 1. The summed E-state index contributed by atoms with van der Waals surface area (Å²) in [6.45, 7) is 0. The Morgan fingerprint density at radius 3 is 2.43 bits per heavy atom. The molecule has 0 unspecified atom stereocenters. The van der Waals surface area contributed by atoms with E-state index in [2.05, 4.69) is 0 Å². The second kappa shape index (κ2) is 5.37. The van der Waals surface area contributed by atoms with Crippen LogP contribution in [0.3, 0.4) is 0 Å². The summed E-state index contributed by atoms with van der Waals surface area (Å²) in [6.07, 6.45) is 3.39. The summed E-state index contributed by atoms with van der Waals surface area (Å²) in [4.78, 5) is 23.1. The maximum atomic E-state index is 12.4. The lowest BCUT2D eigenvalue weighted by atomic mass is 9.86. The van der Waals surface area contributed by atoms with Gasteiger partial charge in [-0.3, -0.25) is 4.79 Å². The molecular weight excluding hydrogens is 264 g/mol. The van der Waals surface area contributed by atoms with Crippen LogP contribution in [0.15, 0.2) is 54.1 Å². The number of benzene rings is 2. The molecule has 0 radical (unpaired) electrons.